The summed E-state index contributed by atoms with van der Waals surface area (Å²) in [5, 5.41) is 10.9. The number of hydrogen-bond acceptors (Lipinski definition) is 5. The molecule has 1 aliphatic carbocycles. The van der Waals surface area contributed by atoms with Crippen molar-refractivity contribution in [3.05, 3.63) is 44.6 Å². The van der Waals surface area contributed by atoms with Gasteiger partial charge in [0.1, 0.15) is 11.3 Å². The maximum atomic E-state index is 12.9. The Morgan fingerprint density at radius 1 is 1.27 bits per heavy atom. The van der Waals surface area contributed by atoms with Gasteiger partial charge in [-0.25, -0.2) is 0 Å². The van der Waals surface area contributed by atoms with Crippen molar-refractivity contribution in [2.45, 2.75) is 26.3 Å². The highest BCUT2D eigenvalue weighted by Gasteiger charge is 2.32. The molecule has 0 aromatic heterocycles. The summed E-state index contributed by atoms with van der Waals surface area (Å²) in [6.45, 7) is 5.16. The number of hydrogen-bond donors (Lipinski definition) is 1. The molecule has 0 radical (unpaired) electrons. The molecular formula is C19H21Cl2NO4. The molecule has 0 spiro atoms. The van der Waals surface area contributed by atoms with E-state index in [0.29, 0.717) is 36.8 Å². The van der Waals surface area contributed by atoms with E-state index in [-0.39, 0.29) is 40.0 Å². The van der Waals surface area contributed by atoms with Gasteiger partial charge in [0.05, 0.1) is 18.2 Å². The monoisotopic (exact) mass is 397 g/mol. The fourth-order valence-corrected chi connectivity index (χ4v) is 3.95. The second-order valence-corrected chi connectivity index (χ2v) is 7.65. The van der Waals surface area contributed by atoms with E-state index in [1.54, 1.807) is 6.07 Å². The number of aliphatic hydroxyl groups is 1. The van der Waals surface area contributed by atoms with Crippen LogP contribution in [0, 0.1) is 5.92 Å². The van der Waals surface area contributed by atoms with Crippen molar-refractivity contribution in [1.29, 1.82) is 0 Å². The van der Waals surface area contributed by atoms with Crippen LogP contribution in [-0.2, 0) is 16.1 Å². The zero-order valence-corrected chi connectivity index (χ0v) is 16.1. The van der Waals surface area contributed by atoms with Gasteiger partial charge in [-0.05, 0) is 18.1 Å². The third-order valence-corrected chi connectivity index (χ3v) is 5.57. The normalized spacial score (nSPS) is 22.0. The zero-order valence-electron chi connectivity index (χ0n) is 14.6. The Balaban J connectivity index is 1.93. The minimum absolute atomic E-state index is 0.0246. The number of carbonyl (C=O) groups excluding carboxylic acids is 2. The van der Waals surface area contributed by atoms with Crippen molar-refractivity contribution in [2.75, 3.05) is 26.3 Å². The summed E-state index contributed by atoms with van der Waals surface area (Å²) in [5.41, 5.74) is 0.700. The lowest BCUT2D eigenvalue weighted by molar-refractivity contribution is -0.116. The summed E-state index contributed by atoms with van der Waals surface area (Å²) in [7, 11) is 0. The molecule has 1 N–H and O–H groups in total. The van der Waals surface area contributed by atoms with Crippen LogP contribution in [0.15, 0.2) is 23.5 Å². The highest BCUT2D eigenvalue weighted by atomic mass is 35.5. The highest BCUT2D eigenvalue weighted by Crippen LogP contribution is 2.34. The molecule has 3 rings (SSSR count). The Hall–Kier alpha value is -1.40. The molecule has 140 valence electrons. The number of nitrogens with zero attached hydrogens (tertiary/aromatic N) is 1. The number of Topliss-reactive ketones (excluding diaryl/α,β-unsaturated/α-hetero) is 2. The predicted octanol–water partition coefficient (Wildman–Crippen LogP) is 3.82. The van der Waals surface area contributed by atoms with Gasteiger partial charge in [0.15, 0.2) is 5.78 Å². The minimum atomic E-state index is -0.538. The van der Waals surface area contributed by atoms with Gasteiger partial charge in [0.2, 0.25) is 5.78 Å². The molecule has 7 heteroatoms. The van der Waals surface area contributed by atoms with E-state index >= 15 is 0 Å². The molecule has 1 fully saturated rings. The molecule has 26 heavy (non-hydrogen) atoms. The third-order valence-electron chi connectivity index (χ3n) is 4.79. The molecule has 1 aliphatic heterocycles. The van der Waals surface area contributed by atoms with Gasteiger partial charge in [-0.15, -0.1) is 0 Å². The maximum Gasteiger partial charge on any atom is 0.201 e. The lowest BCUT2D eigenvalue weighted by Crippen LogP contribution is -2.35. The molecule has 1 saturated heterocycles. The Labute approximate surface area is 162 Å². The van der Waals surface area contributed by atoms with Crippen LogP contribution < -0.4 is 0 Å². The number of allylic oxidation sites excluding steroid dienone is 2. The van der Waals surface area contributed by atoms with Crippen LogP contribution in [0.25, 0.3) is 0 Å². The summed E-state index contributed by atoms with van der Waals surface area (Å²) >= 11 is 12.8. The average Bonchev–Trinajstić information content (AvgIpc) is 2.58. The number of ketones is 2. The SMILES string of the molecule is CC1CC(=O)C(C(=O)c2ccc(Cl)c(CN3CCOCC3)c2Cl)=C(O)C1. The fraction of sp³-hybridized carbons (Fsp3) is 0.474. The molecule has 0 bridgehead atoms. The van der Waals surface area contributed by atoms with E-state index in [2.05, 4.69) is 4.90 Å². The second-order valence-electron chi connectivity index (χ2n) is 6.86. The first-order valence-corrected chi connectivity index (χ1v) is 9.41. The summed E-state index contributed by atoms with van der Waals surface area (Å²) in [6.07, 6.45) is 0.565. The van der Waals surface area contributed by atoms with Crippen molar-refractivity contribution in [1.82, 2.24) is 4.90 Å². The second kappa shape index (κ2) is 8.09. The first kappa shape index (κ1) is 19.4. The average molecular weight is 398 g/mol. The predicted molar refractivity (Wildman–Crippen MR) is 99.9 cm³/mol. The number of rotatable bonds is 4. The topological polar surface area (TPSA) is 66.8 Å². The van der Waals surface area contributed by atoms with Gasteiger partial charge in [0.25, 0.3) is 0 Å². The molecule has 0 amide bonds. The number of ether oxygens (including phenoxy) is 1. The summed E-state index contributed by atoms with van der Waals surface area (Å²) < 4.78 is 5.34. The van der Waals surface area contributed by atoms with Gasteiger partial charge in [-0.1, -0.05) is 30.1 Å². The van der Waals surface area contributed by atoms with Crippen molar-refractivity contribution in [3.63, 3.8) is 0 Å². The Morgan fingerprint density at radius 2 is 1.96 bits per heavy atom. The van der Waals surface area contributed by atoms with Gasteiger partial charge in [-0.2, -0.15) is 0 Å². The van der Waals surface area contributed by atoms with Gasteiger partial charge < -0.3 is 9.84 Å². The number of morpholine rings is 1. The van der Waals surface area contributed by atoms with Crippen molar-refractivity contribution < 1.29 is 19.4 Å². The molecule has 5 nitrogen and oxygen atoms in total. The molecule has 0 saturated carbocycles. The molecule has 1 atom stereocenters. The Bertz CT molecular complexity index is 769. The van der Waals surface area contributed by atoms with Crippen LogP contribution in [0.5, 0.6) is 0 Å². The third kappa shape index (κ3) is 3.96. The summed E-state index contributed by atoms with van der Waals surface area (Å²) in [4.78, 5) is 27.3. The van der Waals surface area contributed by atoms with Crippen molar-refractivity contribution in [2.24, 2.45) is 5.92 Å². The number of carbonyl (C=O) groups is 2. The van der Waals surface area contributed by atoms with Crippen LogP contribution in [-0.4, -0.2) is 47.9 Å². The van der Waals surface area contributed by atoms with E-state index < -0.39 is 5.78 Å². The fourth-order valence-electron chi connectivity index (χ4n) is 3.38. The zero-order chi connectivity index (χ0) is 18.8. The number of aliphatic hydroxyl groups excluding tert-OH is 1. The smallest absolute Gasteiger partial charge is 0.201 e. The highest BCUT2D eigenvalue weighted by molar-refractivity contribution is 6.40. The van der Waals surface area contributed by atoms with E-state index in [9.17, 15) is 14.7 Å². The van der Waals surface area contributed by atoms with Crippen LogP contribution in [0.3, 0.4) is 0 Å². The standard InChI is InChI=1S/C19H21Cl2NO4/c1-11-8-15(23)17(16(24)9-11)19(25)12-2-3-14(20)13(18(12)21)10-22-4-6-26-7-5-22/h2-3,11,23H,4-10H2,1H3. The summed E-state index contributed by atoms with van der Waals surface area (Å²) in [6, 6.07) is 3.13. The van der Waals surface area contributed by atoms with Crippen LogP contribution >= 0.6 is 23.2 Å². The van der Waals surface area contributed by atoms with E-state index in [4.69, 9.17) is 27.9 Å². The largest absolute Gasteiger partial charge is 0.511 e. The lowest BCUT2D eigenvalue weighted by atomic mass is 9.85. The van der Waals surface area contributed by atoms with E-state index in [1.807, 2.05) is 6.92 Å². The molecule has 1 unspecified atom stereocenters. The number of benzene rings is 1. The Morgan fingerprint density at radius 3 is 2.62 bits per heavy atom. The minimum Gasteiger partial charge on any atom is -0.511 e. The van der Waals surface area contributed by atoms with E-state index in [0.717, 1.165) is 13.1 Å². The van der Waals surface area contributed by atoms with Crippen molar-refractivity contribution >= 4 is 34.8 Å². The molecule has 1 aromatic carbocycles. The molecule has 1 aromatic rings. The van der Waals surface area contributed by atoms with Crippen LogP contribution in [0.2, 0.25) is 10.0 Å². The first-order chi connectivity index (χ1) is 12.4. The number of halogens is 2. The van der Waals surface area contributed by atoms with Crippen molar-refractivity contribution in [3.8, 4) is 0 Å². The maximum absolute atomic E-state index is 12.9. The van der Waals surface area contributed by atoms with Gasteiger partial charge in [-0.3, -0.25) is 14.5 Å². The molecular weight excluding hydrogens is 377 g/mol. The van der Waals surface area contributed by atoms with Crippen LogP contribution in [0.1, 0.15) is 35.7 Å². The van der Waals surface area contributed by atoms with E-state index in [1.165, 1.54) is 6.07 Å². The summed E-state index contributed by atoms with van der Waals surface area (Å²) in [5.74, 6) is -1.01. The van der Waals surface area contributed by atoms with Crippen LogP contribution in [0.4, 0.5) is 0 Å². The van der Waals surface area contributed by atoms with Gasteiger partial charge in [0, 0.05) is 48.6 Å². The van der Waals surface area contributed by atoms with Gasteiger partial charge >= 0.3 is 0 Å². The Kier molecular flexibility index (Phi) is 6.03. The molecule has 1 heterocycles. The molecule has 2 aliphatic rings. The lowest BCUT2D eigenvalue weighted by Gasteiger charge is -2.27. The quantitative estimate of drug-likeness (QED) is 0.617. The first-order valence-electron chi connectivity index (χ1n) is 8.65.